The van der Waals surface area contributed by atoms with Crippen LogP contribution < -0.4 is 20.4 Å². The number of aromatic nitrogens is 2. The van der Waals surface area contributed by atoms with Crippen molar-refractivity contribution in [3.05, 3.63) is 36.4 Å². The first-order valence-electron chi connectivity index (χ1n) is 11.5. The summed E-state index contributed by atoms with van der Waals surface area (Å²) in [6.07, 6.45) is 3.18. The van der Waals surface area contributed by atoms with E-state index in [0.717, 1.165) is 75.1 Å². The number of hydrogen-bond donors (Lipinski definition) is 2. The average Bonchev–Trinajstić information content (AvgIpc) is 3.59. The molecule has 4 fully saturated rings. The fraction of sp³-hybridized carbons (Fsp3) is 0.500. The van der Waals surface area contributed by atoms with E-state index in [1.54, 1.807) is 0 Å². The Hall–Kier alpha value is -3.16. The van der Waals surface area contributed by atoms with Gasteiger partial charge in [0, 0.05) is 74.6 Å². The maximum atomic E-state index is 11.9. The van der Waals surface area contributed by atoms with E-state index in [-0.39, 0.29) is 22.6 Å². The zero-order valence-electron chi connectivity index (χ0n) is 18.1. The molecule has 2 aromatic rings. The summed E-state index contributed by atoms with van der Waals surface area (Å²) in [6.45, 7) is 4.95. The van der Waals surface area contributed by atoms with Gasteiger partial charge in [0.05, 0.1) is 0 Å². The van der Waals surface area contributed by atoms with Gasteiger partial charge >= 0.3 is 0 Å². The second-order valence-electron chi connectivity index (χ2n) is 10.0. The summed E-state index contributed by atoms with van der Waals surface area (Å²) in [5, 5.41) is 6.02. The molecule has 0 saturated carbocycles. The fourth-order valence-electron chi connectivity index (χ4n) is 5.80. The van der Waals surface area contributed by atoms with Crippen molar-refractivity contribution in [1.82, 2.24) is 20.6 Å². The molecule has 8 nitrogen and oxygen atoms in total. The Bertz CT molecular complexity index is 1010. The first kappa shape index (κ1) is 19.5. The number of nitrogens with zero attached hydrogens (tertiary/aromatic N) is 4. The molecule has 4 aliphatic heterocycles. The van der Waals surface area contributed by atoms with Crippen molar-refractivity contribution >= 4 is 23.5 Å². The first-order valence-corrected chi connectivity index (χ1v) is 11.5. The maximum absolute atomic E-state index is 11.9. The van der Waals surface area contributed by atoms with Crippen LogP contribution in [0.3, 0.4) is 0 Å². The SMILES string of the molecule is O=C1CC2(CCN(c3cc(N4CCC5(CNC(=O)C5)C4)nc(-c4ccccc4)n3)C2)CN1. The Kier molecular flexibility index (Phi) is 4.38. The molecule has 2 unspecified atom stereocenters. The van der Waals surface area contributed by atoms with Gasteiger partial charge in [0.2, 0.25) is 11.8 Å². The van der Waals surface area contributed by atoms with Gasteiger partial charge < -0.3 is 20.4 Å². The largest absolute Gasteiger partial charge is 0.356 e. The molecule has 2 spiro atoms. The van der Waals surface area contributed by atoms with E-state index in [0.29, 0.717) is 12.8 Å². The zero-order chi connectivity index (χ0) is 21.8. The van der Waals surface area contributed by atoms with Crippen LogP contribution in [0.5, 0.6) is 0 Å². The fourth-order valence-corrected chi connectivity index (χ4v) is 5.80. The molecule has 0 radical (unpaired) electrons. The third kappa shape index (κ3) is 3.38. The topological polar surface area (TPSA) is 90.5 Å². The van der Waals surface area contributed by atoms with Crippen LogP contribution in [0.2, 0.25) is 0 Å². The van der Waals surface area contributed by atoms with E-state index in [1.807, 2.05) is 30.3 Å². The van der Waals surface area contributed by atoms with Gasteiger partial charge in [-0.05, 0) is 12.8 Å². The highest BCUT2D eigenvalue weighted by molar-refractivity contribution is 5.80. The molecule has 1 aromatic carbocycles. The summed E-state index contributed by atoms with van der Waals surface area (Å²) in [5.41, 5.74) is 1.03. The lowest BCUT2D eigenvalue weighted by Crippen LogP contribution is -2.31. The Morgan fingerprint density at radius 2 is 1.31 bits per heavy atom. The van der Waals surface area contributed by atoms with Gasteiger partial charge in [0.25, 0.3) is 0 Å². The molecule has 4 aliphatic rings. The summed E-state index contributed by atoms with van der Waals surface area (Å²) >= 11 is 0. The third-order valence-corrected chi connectivity index (χ3v) is 7.65. The van der Waals surface area contributed by atoms with Crippen LogP contribution in [0.4, 0.5) is 11.6 Å². The number of benzene rings is 1. The van der Waals surface area contributed by atoms with Gasteiger partial charge in [-0.3, -0.25) is 9.59 Å². The van der Waals surface area contributed by atoms with Crippen molar-refractivity contribution in [3.63, 3.8) is 0 Å². The summed E-state index contributed by atoms with van der Waals surface area (Å²) in [7, 11) is 0. The minimum atomic E-state index is 0.0166. The van der Waals surface area contributed by atoms with Crippen molar-refractivity contribution in [2.75, 3.05) is 49.1 Å². The van der Waals surface area contributed by atoms with Gasteiger partial charge in [0.15, 0.2) is 5.82 Å². The van der Waals surface area contributed by atoms with E-state index in [9.17, 15) is 9.59 Å². The molecular formula is C24H28N6O2. The highest BCUT2D eigenvalue weighted by atomic mass is 16.2. The number of hydrogen-bond acceptors (Lipinski definition) is 6. The van der Waals surface area contributed by atoms with E-state index in [4.69, 9.17) is 9.97 Å². The van der Waals surface area contributed by atoms with Crippen molar-refractivity contribution in [2.24, 2.45) is 10.8 Å². The van der Waals surface area contributed by atoms with Crippen LogP contribution >= 0.6 is 0 Å². The smallest absolute Gasteiger partial charge is 0.220 e. The molecule has 32 heavy (non-hydrogen) atoms. The van der Waals surface area contributed by atoms with E-state index in [2.05, 4.69) is 26.5 Å². The first-order chi connectivity index (χ1) is 15.5. The van der Waals surface area contributed by atoms with Crippen molar-refractivity contribution in [1.29, 1.82) is 0 Å². The van der Waals surface area contributed by atoms with Crippen molar-refractivity contribution < 1.29 is 9.59 Å². The van der Waals surface area contributed by atoms with Crippen LogP contribution in [0.1, 0.15) is 25.7 Å². The highest BCUT2D eigenvalue weighted by Gasteiger charge is 2.46. The molecule has 2 N–H and O–H groups in total. The normalized spacial score (nSPS) is 29.4. The number of carbonyl (C=O) groups is 2. The number of anilines is 2. The molecular weight excluding hydrogens is 404 g/mol. The number of rotatable bonds is 3. The Labute approximate surface area is 187 Å². The van der Waals surface area contributed by atoms with Gasteiger partial charge in [-0.2, -0.15) is 0 Å². The minimum absolute atomic E-state index is 0.0166. The lowest BCUT2D eigenvalue weighted by Gasteiger charge is -2.26. The molecule has 4 saturated heterocycles. The molecule has 2 amide bonds. The summed E-state index contributed by atoms with van der Waals surface area (Å²) in [6, 6.07) is 12.2. The van der Waals surface area contributed by atoms with Crippen LogP contribution in [-0.4, -0.2) is 61.1 Å². The quantitative estimate of drug-likeness (QED) is 0.765. The Balaban J connectivity index is 1.33. The second-order valence-corrected chi connectivity index (χ2v) is 10.0. The monoisotopic (exact) mass is 432 g/mol. The summed E-state index contributed by atoms with van der Waals surface area (Å²) < 4.78 is 0. The third-order valence-electron chi connectivity index (χ3n) is 7.65. The lowest BCUT2D eigenvalue weighted by atomic mass is 9.86. The van der Waals surface area contributed by atoms with Gasteiger partial charge in [-0.1, -0.05) is 30.3 Å². The predicted molar refractivity (Wildman–Crippen MR) is 121 cm³/mol. The summed E-state index contributed by atoms with van der Waals surface area (Å²) in [5.74, 6) is 2.88. The predicted octanol–water partition coefficient (Wildman–Crippen LogP) is 1.58. The van der Waals surface area contributed by atoms with Crippen LogP contribution in [0, 0.1) is 10.8 Å². The molecule has 6 rings (SSSR count). The standard InChI is InChI=1S/C24H28N6O2/c31-20-11-23(13-25-20)6-8-29(15-23)18-10-19(28-22(27-18)17-4-2-1-3-5-17)30-9-7-24(16-30)12-21(32)26-14-24/h1-5,10H,6-9,11-16H2,(H,25,31)(H,26,32). The van der Waals surface area contributed by atoms with Gasteiger partial charge in [0.1, 0.15) is 11.6 Å². The Morgan fingerprint density at radius 1 is 0.781 bits per heavy atom. The number of nitrogens with one attached hydrogen (secondary N) is 2. The van der Waals surface area contributed by atoms with Gasteiger partial charge in [-0.15, -0.1) is 0 Å². The molecule has 5 heterocycles. The highest BCUT2D eigenvalue weighted by Crippen LogP contribution is 2.41. The second kappa shape index (κ2) is 7.18. The Morgan fingerprint density at radius 3 is 1.78 bits per heavy atom. The van der Waals surface area contributed by atoms with Crippen molar-refractivity contribution in [2.45, 2.75) is 25.7 Å². The van der Waals surface area contributed by atoms with Crippen molar-refractivity contribution in [3.8, 4) is 11.4 Å². The van der Waals surface area contributed by atoms with Crippen LogP contribution in [-0.2, 0) is 9.59 Å². The maximum Gasteiger partial charge on any atom is 0.220 e. The van der Waals surface area contributed by atoms with E-state index < -0.39 is 0 Å². The molecule has 8 heteroatoms. The minimum Gasteiger partial charge on any atom is -0.356 e. The number of amides is 2. The molecule has 2 atom stereocenters. The molecule has 166 valence electrons. The zero-order valence-corrected chi connectivity index (χ0v) is 18.1. The molecule has 0 bridgehead atoms. The van der Waals surface area contributed by atoms with E-state index >= 15 is 0 Å². The van der Waals surface area contributed by atoms with Gasteiger partial charge in [-0.25, -0.2) is 9.97 Å². The summed E-state index contributed by atoms with van der Waals surface area (Å²) in [4.78, 5) is 38.3. The number of carbonyl (C=O) groups excluding carboxylic acids is 2. The van der Waals surface area contributed by atoms with Crippen LogP contribution in [0.15, 0.2) is 36.4 Å². The molecule has 1 aromatic heterocycles. The molecule has 0 aliphatic carbocycles. The average molecular weight is 433 g/mol. The van der Waals surface area contributed by atoms with E-state index in [1.165, 1.54) is 0 Å². The van der Waals surface area contributed by atoms with Crippen LogP contribution in [0.25, 0.3) is 11.4 Å². The lowest BCUT2D eigenvalue weighted by molar-refractivity contribution is -0.120.